The van der Waals surface area contributed by atoms with Gasteiger partial charge in [0, 0.05) is 48.8 Å². The maximum absolute atomic E-state index is 11.5. The third-order valence-corrected chi connectivity index (χ3v) is 16.3. The van der Waals surface area contributed by atoms with Gasteiger partial charge in [-0.3, -0.25) is 0 Å². The minimum atomic E-state index is 0.153. The van der Waals surface area contributed by atoms with Crippen LogP contribution in [-0.4, -0.2) is 0 Å². The van der Waals surface area contributed by atoms with Crippen molar-refractivity contribution >= 4 is 96.8 Å². The molecule has 6 heteroatoms. The Kier molecular flexibility index (Phi) is 8.91. The minimum absolute atomic E-state index is 0.153. The van der Waals surface area contributed by atoms with Crippen LogP contribution in [0.4, 0.5) is 0 Å². The lowest BCUT2D eigenvalue weighted by molar-refractivity contribution is 0.790. The van der Waals surface area contributed by atoms with Crippen LogP contribution in [0.3, 0.4) is 0 Å². The van der Waals surface area contributed by atoms with Gasteiger partial charge in [0.2, 0.25) is 0 Å². The monoisotopic (exact) mass is 869 g/mol. The van der Waals surface area contributed by atoms with Crippen molar-refractivity contribution in [1.82, 2.24) is 0 Å². The third-order valence-electron chi connectivity index (χ3n) is 13.6. The molecule has 0 spiro atoms. The summed E-state index contributed by atoms with van der Waals surface area (Å²) in [5.74, 6) is 0.311. The van der Waals surface area contributed by atoms with Crippen LogP contribution < -0.4 is 10.4 Å². The molecule has 300 valence electrons. The first-order chi connectivity index (χ1) is 31.5. The molecular weight excluding hydrogens is 835 g/mol. The molecule has 3 heterocycles. The Morgan fingerprint density at radius 1 is 0.578 bits per heavy atom. The molecule has 2 aromatic carbocycles. The molecule has 0 fully saturated rings. The van der Waals surface area contributed by atoms with Crippen LogP contribution in [0.2, 0.25) is 0 Å². The highest BCUT2D eigenvalue weighted by molar-refractivity contribution is 7.12. The van der Waals surface area contributed by atoms with E-state index in [4.69, 9.17) is 0 Å². The van der Waals surface area contributed by atoms with Gasteiger partial charge in [0.25, 0.3) is 0 Å². The molecule has 2 atom stereocenters. The van der Waals surface area contributed by atoms with Crippen molar-refractivity contribution in [3.63, 3.8) is 0 Å². The highest BCUT2D eigenvalue weighted by atomic mass is 32.1. The Labute approximate surface area is 383 Å². The predicted octanol–water partition coefficient (Wildman–Crippen LogP) is 13.5. The van der Waals surface area contributed by atoms with Crippen molar-refractivity contribution in [3.05, 3.63) is 224 Å². The van der Waals surface area contributed by atoms with Gasteiger partial charge in [-0.15, -0.1) is 34.0 Å². The summed E-state index contributed by atoms with van der Waals surface area (Å²) in [6.07, 6.45) is 25.9. The molecule has 64 heavy (non-hydrogen) atoms. The number of thiophene rings is 3. The summed E-state index contributed by atoms with van der Waals surface area (Å²) in [7, 11) is 0. The SMILES string of the molecule is C=c1cccc/c1=C/C1=C(C)c2c3c(c4c(c2/C1=C(\C#N)c1cccs1)C1=C(C=C2C=CC=CC2C1)/C4=C(/C#N)c1cccs1)C1=C(C=C2C=CC=CC2C1)/C3=C(/C#N)c1cccs1. The Morgan fingerprint density at radius 2 is 1.05 bits per heavy atom. The van der Waals surface area contributed by atoms with E-state index < -0.39 is 0 Å². The fourth-order valence-corrected chi connectivity index (χ4v) is 13.1. The predicted molar refractivity (Wildman–Crippen MR) is 268 cm³/mol. The number of fused-ring (bicyclic) bond motifs is 10. The highest BCUT2D eigenvalue weighted by Gasteiger charge is 2.47. The van der Waals surface area contributed by atoms with E-state index in [0.717, 1.165) is 110 Å². The van der Waals surface area contributed by atoms with Gasteiger partial charge in [-0.05, 0) is 143 Å². The summed E-state index contributed by atoms with van der Waals surface area (Å²) in [6.45, 7) is 6.65. The molecule has 0 radical (unpaired) electrons. The molecule has 3 nitrogen and oxygen atoms in total. The average molecular weight is 870 g/mol. The molecule has 5 aromatic rings. The summed E-state index contributed by atoms with van der Waals surface area (Å²) in [4.78, 5) is 2.72. The smallest absolute Gasteiger partial charge is 0.101 e. The van der Waals surface area contributed by atoms with Gasteiger partial charge in [-0.2, -0.15) is 15.8 Å². The van der Waals surface area contributed by atoms with Gasteiger partial charge in [0.15, 0.2) is 0 Å². The van der Waals surface area contributed by atoms with E-state index in [1.165, 1.54) is 22.3 Å². The number of allylic oxidation sites excluding steroid dienone is 24. The van der Waals surface area contributed by atoms with E-state index in [9.17, 15) is 15.8 Å². The largest absolute Gasteiger partial charge is 0.192 e. The molecular formula is C58H35N3S3. The second-order valence-electron chi connectivity index (χ2n) is 16.8. The lowest BCUT2D eigenvalue weighted by Crippen LogP contribution is -2.22. The van der Waals surface area contributed by atoms with Gasteiger partial charge in [0.1, 0.15) is 18.2 Å². The summed E-state index contributed by atoms with van der Waals surface area (Å²) < 4.78 is 0. The highest BCUT2D eigenvalue weighted by Crippen LogP contribution is 2.66. The summed E-state index contributed by atoms with van der Waals surface area (Å²) >= 11 is 4.74. The van der Waals surface area contributed by atoms with Crippen molar-refractivity contribution in [2.45, 2.75) is 19.8 Å². The number of rotatable bonds is 4. The average Bonchev–Trinajstić information content (AvgIpc) is 4.20. The maximum Gasteiger partial charge on any atom is 0.101 e. The lowest BCUT2D eigenvalue weighted by atomic mass is 9.77. The van der Waals surface area contributed by atoms with Gasteiger partial charge in [0.05, 0.1) is 16.7 Å². The van der Waals surface area contributed by atoms with Crippen LogP contribution in [0.5, 0.6) is 0 Å². The quantitative estimate of drug-likeness (QED) is 0.169. The molecule has 0 saturated heterocycles. The molecule has 0 saturated carbocycles. The Bertz CT molecular complexity index is 3630. The Balaban J connectivity index is 1.34. The molecule has 7 aliphatic carbocycles. The van der Waals surface area contributed by atoms with Crippen molar-refractivity contribution in [1.29, 1.82) is 15.8 Å². The summed E-state index contributed by atoms with van der Waals surface area (Å²) in [5.41, 5.74) is 19.9. The maximum atomic E-state index is 11.5. The van der Waals surface area contributed by atoms with E-state index in [0.29, 0.717) is 16.7 Å². The number of hydrogen-bond donors (Lipinski definition) is 0. The molecule has 0 N–H and O–H groups in total. The minimum Gasteiger partial charge on any atom is -0.192 e. The van der Waals surface area contributed by atoms with Crippen molar-refractivity contribution in [2.24, 2.45) is 11.8 Å². The first-order valence-corrected chi connectivity index (χ1v) is 24.0. The second kappa shape index (κ2) is 14.9. The zero-order valence-electron chi connectivity index (χ0n) is 34.7. The molecule has 0 amide bonds. The summed E-state index contributed by atoms with van der Waals surface area (Å²) in [6, 6.07) is 28.6. The molecule has 0 aliphatic heterocycles. The van der Waals surface area contributed by atoms with Crippen molar-refractivity contribution < 1.29 is 0 Å². The number of hydrogen-bond acceptors (Lipinski definition) is 6. The van der Waals surface area contributed by atoms with Crippen LogP contribution in [0.25, 0.3) is 62.8 Å². The zero-order valence-corrected chi connectivity index (χ0v) is 37.1. The van der Waals surface area contributed by atoms with E-state index in [1.54, 1.807) is 34.0 Å². The standard InChI is InChI=1S/C58H35N3S3/c1-32-12-3-4-13-34(32)24-39-33(2)50-56(51(39)44(29-59)47-18-9-21-62-47)54-43-28-38-17-8-6-15-36(38)26-41(43)53(46(31-61)49-20-11-23-64-49)58(54)55-42-27-37-16-7-5-14-35(37)25-40(42)52(57(50)55)45(30-60)48-19-10-22-63-48/h3-26,37-38H,1,27-28H2,2H3/b34-24-,51-44+,52-45+,53-46+. The van der Waals surface area contributed by atoms with E-state index in [2.05, 4.69) is 117 Å². The van der Waals surface area contributed by atoms with Crippen LogP contribution >= 0.6 is 34.0 Å². The molecule has 3 aromatic heterocycles. The van der Waals surface area contributed by atoms with Crippen LogP contribution in [0.15, 0.2) is 165 Å². The van der Waals surface area contributed by atoms with Gasteiger partial charge >= 0.3 is 0 Å². The third kappa shape index (κ3) is 5.53. The van der Waals surface area contributed by atoms with Gasteiger partial charge in [-0.1, -0.05) is 110 Å². The Morgan fingerprint density at radius 3 is 1.52 bits per heavy atom. The van der Waals surface area contributed by atoms with Crippen LogP contribution in [-0.2, 0) is 0 Å². The molecule has 7 aliphatic rings. The lowest BCUT2D eigenvalue weighted by Gasteiger charge is -2.26. The number of nitriles is 3. The van der Waals surface area contributed by atoms with Crippen LogP contribution in [0, 0.1) is 45.8 Å². The topological polar surface area (TPSA) is 71.4 Å². The second-order valence-corrected chi connectivity index (χ2v) is 19.7. The normalized spacial score (nSPS) is 22.1. The zero-order chi connectivity index (χ0) is 43.2. The number of nitrogens with zero attached hydrogens (tertiary/aromatic N) is 3. The number of benzene rings is 2. The Hall–Kier alpha value is -7.37. The summed E-state index contributed by atoms with van der Waals surface area (Å²) in [5, 5.41) is 42.5. The van der Waals surface area contributed by atoms with E-state index in [-0.39, 0.29) is 11.8 Å². The van der Waals surface area contributed by atoms with E-state index >= 15 is 0 Å². The van der Waals surface area contributed by atoms with Gasteiger partial charge < -0.3 is 0 Å². The first-order valence-electron chi connectivity index (χ1n) is 21.4. The van der Waals surface area contributed by atoms with Crippen LogP contribution in [0.1, 0.15) is 67.8 Å². The van der Waals surface area contributed by atoms with Gasteiger partial charge in [-0.25, -0.2) is 0 Å². The molecule has 12 rings (SSSR count). The fraction of sp³-hybridized carbons (Fsp3) is 0.0862. The van der Waals surface area contributed by atoms with E-state index in [1.807, 2.05) is 58.6 Å². The fourth-order valence-electron chi connectivity index (χ4n) is 10.9. The van der Waals surface area contributed by atoms with Crippen molar-refractivity contribution in [2.75, 3.05) is 0 Å². The van der Waals surface area contributed by atoms with Crippen molar-refractivity contribution in [3.8, 4) is 18.2 Å². The molecule has 2 unspecified atom stereocenters. The first kappa shape index (κ1) is 38.3. The molecule has 0 bridgehead atoms.